The van der Waals surface area contributed by atoms with Crippen molar-refractivity contribution >= 4 is 16.8 Å². The summed E-state index contributed by atoms with van der Waals surface area (Å²) in [5.74, 6) is -1.16. The molecule has 0 saturated carbocycles. The minimum absolute atomic E-state index is 0.102. The van der Waals surface area contributed by atoms with Gasteiger partial charge in [-0.2, -0.15) is 5.10 Å². The fraction of sp³-hybridized carbons (Fsp3) is 0.269. The van der Waals surface area contributed by atoms with Gasteiger partial charge in [-0.1, -0.05) is 0 Å². The summed E-state index contributed by atoms with van der Waals surface area (Å²) in [4.78, 5) is 18.2. The summed E-state index contributed by atoms with van der Waals surface area (Å²) in [5, 5.41) is 5.18. The highest BCUT2D eigenvalue weighted by atomic mass is 19.1. The summed E-state index contributed by atoms with van der Waals surface area (Å²) in [5.41, 5.74) is 2.49. The molecule has 1 aliphatic rings. The molecule has 1 aliphatic heterocycles. The number of carbonyl (C=O) groups excluding carboxylic acids is 1. The van der Waals surface area contributed by atoms with Crippen LogP contribution >= 0.6 is 0 Å². The summed E-state index contributed by atoms with van der Waals surface area (Å²) < 4.78 is 43.1. The number of hydrogen-bond donors (Lipinski definition) is 0. The third kappa shape index (κ3) is 4.23. The first kappa shape index (κ1) is 22.9. The fourth-order valence-electron chi connectivity index (χ4n) is 4.25. The molecule has 1 atom stereocenters. The summed E-state index contributed by atoms with van der Waals surface area (Å²) in [6.45, 7) is 2.27. The van der Waals surface area contributed by atoms with Gasteiger partial charge in [0.15, 0.2) is 0 Å². The fourth-order valence-corrected chi connectivity index (χ4v) is 4.25. The molecule has 0 bridgehead atoms. The molecular formula is C26H24F2N4O3. The van der Waals surface area contributed by atoms with Crippen LogP contribution in [0.1, 0.15) is 28.5 Å². The molecule has 1 amide bonds. The topological polar surface area (TPSA) is 69.5 Å². The summed E-state index contributed by atoms with van der Waals surface area (Å²) >= 11 is 0. The van der Waals surface area contributed by atoms with Crippen molar-refractivity contribution in [1.29, 1.82) is 0 Å². The van der Waals surface area contributed by atoms with Crippen molar-refractivity contribution < 1.29 is 23.0 Å². The van der Waals surface area contributed by atoms with Gasteiger partial charge in [-0.3, -0.25) is 14.5 Å². The van der Waals surface area contributed by atoms with Crippen LogP contribution in [0.4, 0.5) is 8.78 Å². The van der Waals surface area contributed by atoms with Crippen LogP contribution in [-0.2, 0) is 24.9 Å². The molecule has 0 N–H and O–H groups in total. The molecule has 2 aromatic heterocycles. The Morgan fingerprint density at radius 1 is 1.14 bits per heavy atom. The van der Waals surface area contributed by atoms with Gasteiger partial charge >= 0.3 is 0 Å². The first-order valence-corrected chi connectivity index (χ1v) is 11.2. The number of pyridine rings is 1. The Bertz CT molecular complexity index is 1410. The number of hydrogen-bond acceptors (Lipinski definition) is 5. The molecule has 9 heteroatoms. The van der Waals surface area contributed by atoms with Crippen molar-refractivity contribution in [1.82, 2.24) is 19.7 Å². The maximum absolute atomic E-state index is 15.2. The van der Waals surface area contributed by atoms with E-state index in [-0.39, 0.29) is 30.7 Å². The largest absolute Gasteiger partial charge is 0.489 e. The molecule has 0 unspecified atom stereocenters. The molecule has 7 nitrogen and oxygen atoms in total. The van der Waals surface area contributed by atoms with E-state index < -0.39 is 11.6 Å². The average Bonchev–Trinajstić information content (AvgIpc) is 3.39. The van der Waals surface area contributed by atoms with E-state index in [9.17, 15) is 4.79 Å². The summed E-state index contributed by atoms with van der Waals surface area (Å²) in [7, 11) is 3.38. The predicted molar refractivity (Wildman–Crippen MR) is 126 cm³/mol. The van der Waals surface area contributed by atoms with E-state index in [1.54, 1.807) is 55.5 Å². The number of methoxy groups -OCH3 is 1. The number of ether oxygens (including phenoxy) is 2. The Labute approximate surface area is 200 Å². The Balaban J connectivity index is 1.46. The molecular weight excluding hydrogens is 454 g/mol. The number of benzene rings is 2. The van der Waals surface area contributed by atoms with Gasteiger partial charge in [0.1, 0.15) is 29.5 Å². The van der Waals surface area contributed by atoms with Crippen molar-refractivity contribution in [2.75, 3.05) is 13.7 Å². The van der Waals surface area contributed by atoms with Crippen LogP contribution in [0.3, 0.4) is 0 Å². The minimum atomic E-state index is -0.719. The Morgan fingerprint density at radius 2 is 1.91 bits per heavy atom. The van der Waals surface area contributed by atoms with E-state index >= 15 is 8.78 Å². The van der Waals surface area contributed by atoms with Crippen LogP contribution in [-0.4, -0.2) is 45.4 Å². The van der Waals surface area contributed by atoms with Gasteiger partial charge in [-0.25, -0.2) is 8.78 Å². The molecule has 0 spiro atoms. The van der Waals surface area contributed by atoms with Gasteiger partial charge in [-0.15, -0.1) is 0 Å². The van der Waals surface area contributed by atoms with Crippen LogP contribution in [0.25, 0.3) is 22.0 Å². The van der Waals surface area contributed by atoms with Crippen LogP contribution in [0.15, 0.2) is 48.8 Å². The number of fused-ring (bicyclic) bond motifs is 2. The molecule has 0 radical (unpaired) electrons. The van der Waals surface area contributed by atoms with Crippen molar-refractivity contribution in [3.05, 3.63) is 77.2 Å². The lowest BCUT2D eigenvalue weighted by molar-refractivity contribution is 0.0721. The molecule has 0 fully saturated rings. The Hall–Kier alpha value is -3.85. The summed E-state index contributed by atoms with van der Waals surface area (Å²) in [6, 6.07) is 9.42. The van der Waals surface area contributed by atoms with Crippen molar-refractivity contribution in [2.45, 2.75) is 26.1 Å². The molecule has 0 aliphatic carbocycles. The minimum Gasteiger partial charge on any atom is -0.489 e. The van der Waals surface area contributed by atoms with Crippen LogP contribution in [0.2, 0.25) is 0 Å². The first-order valence-electron chi connectivity index (χ1n) is 11.2. The SMILES string of the molecule is CO[C@H](C)COc1ccc(-c2cc(F)c(CN3Cc4ncccc4C3=O)c(F)c2)c2cn(C)nc12. The van der Waals surface area contributed by atoms with Gasteiger partial charge < -0.3 is 14.4 Å². The standard InChI is InChI=1S/C26H24F2N4O3/c1-15(34-3)14-35-24-7-6-17(19-11-31(2)30-25(19)24)16-9-21(27)20(22(28)10-16)12-32-13-23-18(26(32)33)5-4-8-29-23/h4-11,15H,12-14H2,1-3H3/t15-/m1/s1. The van der Waals surface area contributed by atoms with Gasteiger partial charge in [0.25, 0.3) is 5.91 Å². The zero-order valence-electron chi connectivity index (χ0n) is 19.6. The third-order valence-electron chi connectivity index (χ3n) is 6.18. The van der Waals surface area contributed by atoms with Crippen LogP contribution in [0.5, 0.6) is 5.75 Å². The van der Waals surface area contributed by atoms with E-state index in [0.29, 0.717) is 45.6 Å². The number of aromatic nitrogens is 3. The Kier molecular flexibility index (Phi) is 5.94. The van der Waals surface area contributed by atoms with E-state index in [1.165, 1.54) is 17.0 Å². The van der Waals surface area contributed by atoms with Gasteiger partial charge in [0.05, 0.1) is 30.5 Å². The molecule has 2 aromatic carbocycles. The maximum atomic E-state index is 15.2. The van der Waals surface area contributed by atoms with Gasteiger partial charge in [0.2, 0.25) is 0 Å². The second-order valence-electron chi connectivity index (χ2n) is 8.61. The van der Waals surface area contributed by atoms with E-state index in [2.05, 4.69) is 10.1 Å². The van der Waals surface area contributed by atoms with E-state index in [0.717, 1.165) is 0 Å². The zero-order chi connectivity index (χ0) is 24.7. The Morgan fingerprint density at radius 3 is 2.63 bits per heavy atom. The highest BCUT2D eigenvalue weighted by Crippen LogP contribution is 2.35. The molecule has 5 rings (SSSR count). The normalized spacial score (nSPS) is 14.0. The molecule has 3 heterocycles. The predicted octanol–water partition coefficient (Wildman–Crippen LogP) is 4.48. The lowest BCUT2D eigenvalue weighted by Crippen LogP contribution is -2.24. The van der Waals surface area contributed by atoms with E-state index in [1.807, 2.05) is 6.92 Å². The quantitative estimate of drug-likeness (QED) is 0.392. The second-order valence-corrected chi connectivity index (χ2v) is 8.61. The van der Waals surface area contributed by atoms with Crippen LogP contribution < -0.4 is 4.74 Å². The smallest absolute Gasteiger partial charge is 0.256 e. The third-order valence-corrected chi connectivity index (χ3v) is 6.18. The highest BCUT2D eigenvalue weighted by Gasteiger charge is 2.29. The van der Waals surface area contributed by atoms with Gasteiger partial charge in [0, 0.05) is 37.5 Å². The average molecular weight is 478 g/mol. The van der Waals surface area contributed by atoms with Crippen LogP contribution in [0, 0.1) is 11.6 Å². The second kappa shape index (κ2) is 9.07. The number of rotatable bonds is 7. The number of carbonyl (C=O) groups is 1. The zero-order valence-corrected chi connectivity index (χ0v) is 19.6. The summed E-state index contributed by atoms with van der Waals surface area (Å²) in [6.07, 6.45) is 3.28. The van der Waals surface area contributed by atoms with Gasteiger partial charge in [-0.05, 0) is 54.4 Å². The number of amides is 1. The first-order chi connectivity index (χ1) is 16.9. The number of aryl methyl sites for hydroxylation is 1. The highest BCUT2D eigenvalue weighted by molar-refractivity contribution is 5.98. The molecule has 180 valence electrons. The van der Waals surface area contributed by atoms with Crippen molar-refractivity contribution in [3.8, 4) is 16.9 Å². The monoisotopic (exact) mass is 478 g/mol. The van der Waals surface area contributed by atoms with Crippen molar-refractivity contribution in [3.63, 3.8) is 0 Å². The van der Waals surface area contributed by atoms with E-state index in [4.69, 9.17) is 9.47 Å². The number of halogens is 2. The molecule has 0 saturated heterocycles. The lowest BCUT2D eigenvalue weighted by Gasteiger charge is -2.17. The lowest BCUT2D eigenvalue weighted by atomic mass is 9.99. The maximum Gasteiger partial charge on any atom is 0.256 e. The molecule has 4 aromatic rings. The molecule has 35 heavy (non-hydrogen) atoms. The number of nitrogens with zero attached hydrogens (tertiary/aromatic N) is 4. The van der Waals surface area contributed by atoms with Crippen molar-refractivity contribution in [2.24, 2.45) is 7.05 Å².